The van der Waals surface area contributed by atoms with Gasteiger partial charge in [0, 0.05) is 35.8 Å². The van der Waals surface area contributed by atoms with Crippen molar-refractivity contribution in [1.29, 1.82) is 0 Å². The van der Waals surface area contributed by atoms with Crippen LogP contribution in [0.2, 0.25) is 0 Å². The third-order valence-corrected chi connectivity index (χ3v) is 4.52. The van der Waals surface area contributed by atoms with Gasteiger partial charge in [-0.1, -0.05) is 6.07 Å². The molecule has 0 unspecified atom stereocenters. The Morgan fingerprint density at radius 3 is 2.75 bits per heavy atom. The molecule has 0 fully saturated rings. The zero-order chi connectivity index (χ0) is 19.9. The number of nitrogens with zero attached hydrogens (tertiary/aromatic N) is 1. The highest BCUT2D eigenvalue weighted by Gasteiger charge is 2.10. The Hall–Kier alpha value is -3.15. The van der Waals surface area contributed by atoms with Crippen LogP contribution in [-0.4, -0.2) is 30.6 Å². The van der Waals surface area contributed by atoms with Gasteiger partial charge in [0.05, 0.1) is 18.3 Å². The summed E-state index contributed by atoms with van der Waals surface area (Å²) in [5, 5.41) is 7.37. The number of carbonyl (C=O) groups excluding carboxylic acids is 1. The zero-order valence-corrected chi connectivity index (χ0v) is 16.0. The molecular weight excluding hydrogens is 357 g/mol. The maximum absolute atomic E-state index is 12.9. The first-order valence-electron chi connectivity index (χ1n) is 9.30. The zero-order valence-electron chi connectivity index (χ0n) is 16.0. The van der Waals surface area contributed by atoms with Crippen LogP contribution in [0.15, 0.2) is 54.7 Å². The molecule has 0 saturated heterocycles. The van der Waals surface area contributed by atoms with E-state index in [0.717, 1.165) is 35.2 Å². The van der Waals surface area contributed by atoms with Gasteiger partial charge >= 0.3 is 0 Å². The van der Waals surface area contributed by atoms with E-state index in [1.54, 1.807) is 13.3 Å². The van der Waals surface area contributed by atoms with E-state index in [2.05, 4.69) is 22.5 Å². The largest absolute Gasteiger partial charge is 0.497 e. The molecule has 2 N–H and O–H groups in total. The van der Waals surface area contributed by atoms with Gasteiger partial charge in [0.1, 0.15) is 11.6 Å². The monoisotopic (exact) mass is 381 g/mol. The molecule has 5 nitrogen and oxygen atoms in total. The lowest BCUT2D eigenvalue weighted by atomic mass is 10.1. The van der Waals surface area contributed by atoms with Gasteiger partial charge in [0.2, 0.25) is 0 Å². The van der Waals surface area contributed by atoms with Crippen LogP contribution < -0.4 is 15.4 Å². The van der Waals surface area contributed by atoms with E-state index in [4.69, 9.17) is 4.74 Å². The first-order valence-corrected chi connectivity index (χ1v) is 9.30. The fraction of sp³-hybridized carbons (Fsp3) is 0.273. The molecule has 0 saturated carbocycles. The molecule has 3 aromatic rings. The molecule has 0 aliphatic rings. The van der Waals surface area contributed by atoms with E-state index in [1.807, 2.05) is 24.3 Å². The normalized spacial score (nSPS) is 11.8. The highest BCUT2D eigenvalue weighted by molar-refractivity contribution is 5.94. The van der Waals surface area contributed by atoms with Crippen molar-refractivity contribution in [2.24, 2.45) is 0 Å². The molecule has 1 heterocycles. The van der Waals surface area contributed by atoms with Gasteiger partial charge in [-0.3, -0.25) is 9.78 Å². The van der Waals surface area contributed by atoms with Crippen molar-refractivity contribution in [2.75, 3.05) is 19.0 Å². The van der Waals surface area contributed by atoms with Gasteiger partial charge in [-0.05, 0) is 56.2 Å². The lowest BCUT2D eigenvalue weighted by molar-refractivity contribution is 0.0953. The summed E-state index contributed by atoms with van der Waals surface area (Å²) in [6, 6.07) is 13.5. The summed E-state index contributed by atoms with van der Waals surface area (Å²) in [7, 11) is 1.65. The molecule has 1 amide bonds. The van der Waals surface area contributed by atoms with E-state index >= 15 is 0 Å². The van der Waals surface area contributed by atoms with Crippen molar-refractivity contribution in [3.8, 4) is 5.75 Å². The number of pyridine rings is 1. The van der Waals surface area contributed by atoms with Crippen molar-refractivity contribution in [3.63, 3.8) is 0 Å². The molecule has 0 spiro atoms. The molecule has 0 aliphatic heterocycles. The number of anilines is 1. The molecule has 0 bridgehead atoms. The van der Waals surface area contributed by atoms with Crippen LogP contribution in [0.3, 0.4) is 0 Å². The Morgan fingerprint density at radius 1 is 1.21 bits per heavy atom. The molecule has 146 valence electrons. The second kappa shape index (κ2) is 9.17. The Bertz CT molecular complexity index is 944. The Kier molecular flexibility index (Phi) is 6.42. The minimum Gasteiger partial charge on any atom is -0.497 e. The first-order chi connectivity index (χ1) is 13.6. The second-order valence-electron chi connectivity index (χ2n) is 6.70. The van der Waals surface area contributed by atoms with Crippen LogP contribution in [0.4, 0.5) is 10.1 Å². The number of hydrogen-bond donors (Lipinski definition) is 2. The molecule has 1 aromatic heterocycles. The van der Waals surface area contributed by atoms with Crippen LogP contribution in [0.1, 0.15) is 30.1 Å². The Balaban J connectivity index is 1.52. The van der Waals surface area contributed by atoms with Gasteiger partial charge in [-0.15, -0.1) is 0 Å². The van der Waals surface area contributed by atoms with Crippen molar-refractivity contribution >= 4 is 22.5 Å². The summed E-state index contributed by atoms with van der Waals surface area (Å²) in [4.78, 5) is 16.5. The maximum Gasteiger partial charge on any atom is 0.251 e. The molecule has 6 heteroatoms. The summed E-state index contributed by atoms with van der Waals surface area (Å²) in [5.41, 5.74) is 2.29. The third kappa shape index (κ3) is 4.97. The fourth-order valence-corrected chi connectivity index (χ4v) is 3.04. The lowest BCUT2D eigenvalue weighted by Gasteiger charge is -2.17. The van der Waals surface area contributed by atoms with Crippen LogP contribution in [0.5, 0.6) is 5.75 Å². The van der Waals surface area contributed by atoms with Crippen LogP contribution in [0.25, 0.3) is 10.9 Å². The molecular formula is C22H24FN3O2. The minimum atomic E-state index is -0.351. The van der Waals surface area contributed by atoms with Gasteiger partial charge < -0.3 is 15.4 Å². The number of benzene rings is 2. The summed E-state index contributed by atoms with van der Waals surface area (Å²) < 4.78 is 18.3. The van der Waals surface area contributed by atoms with E-state index < -0.39 is 0 Å². The maximum atomic E-state index is 12.9. The van der Waals surface area contributed by atoms with Gasteiger partial charge in [0.15, 0.2) is 0 Å². The smallest absolute Gasteiger partial charge is 0.251 e. The predicted molar refractivity (Wildman–Crippen MR) is 109 cm³/mol. The topological polar surface area (TPSA) is 63.2 Å². The molecule has 0 radical (unpaired) electrons. The molecule has 3 rings (SSSR count). The average Bonchev–Trinajstić information content (AvgIpc) is 2.71. The lowest BCUT2D eigenvalue weighted by Crippen LogP contribution is -2.26. The molecule has 2 aromatic carbocycles. The number of ether oxygens (including phenoxy) is 1. The number of rotatable bonds is 8. The molecule has 28 heavy (non-hydrogen) atoms. The number of amides is 1. The predicted octanol–water partition coefficient (Wildman–Crippen LogP) is 4.39. The Labute approximate surface area is 163 Å². The third-order valence-electron chi connectivity index (χ3n) is 4.52. The van der Waals surface area contributed by atoms with Crippen LogP contribution in [-0.2, 0) is 0 Å². The molecule has 1 atom stereocenters. The summed E-state index contributed by atoms with van der Waals surface area (Å²) in [6.07, 6.45) is 3.46. The second-order valence-corrected chi connectivity index (χ2v) is 6.70. The fourth-order valence-electron chi connectivity index (χ4n) is 3.04. The quantitative estimate of drug-likeness (QED) is 0.568. The van der Waals surface area contributed by atoms with E-state index in [0.29, 0.717) is 12.1 Å². The number of fused-ring (bicyclic) bond motifs is 1. The molecule has 0 aliphatic carbocycles. The van der Waals surface area contributed by atoms with Crippen LogP contribution >= 0.6 is 0 Å². The summed E-state index contributed by atoms with van der Waals surface area (Å²) in [6.45, 7) is 2.65. The van der Waals surface area contributed by atoms with Crippen molar-refractivity contribution in [2.45, 2.75) is 25.8 Å². The number of halogens is 1. The number of methoxy groups -OCH3 is 1. The van der Waals surface area contributed by atoms with Crippen molar-refractivity contribution in [3.05, 3.63) is 66.1 Å². The highest BCUT2D eigenvalue weighted by atomic mass is 19.1. The van der Waals surface area contributed by atoms with E-state index in [9.17, 15) is 9.18 Å². The Morgan fingerprint density at radius 2 is 2.00 bits per heavy atom. The minimum absolute atomic E-state index is 0.191. The van der Waals surface area contributed by atoms with Gasteiger partial charge in [0.25, 0.3) is 5.91 Å². The summed E-state index contributed by atoms with van der Waals surface area (Å²) >= 11 is 0. The van der Waals surface area contributed by atoms with Gasteiger partial charge in [-0.25, -0.2) is 4.39 Å². The van der Waals surface area contributed by atoms with E-state index in [1.165, 1.54) is 24.3 Å². The van der Waals surface area contributed by atoms with Crippen molar-refractivity contribution in [1.82, 2.24) is 10.3 Å². The van der Waals surface area contributed by atoms with Crippen LogP contribution in [0, 0.1) is 5.82 Å². The average molecular weight is 381 g/mol. The first kappa shape index (κ1) is 19.6. The SMILES string of the molecule is COc1cc(N[C@H](C)CCCNC(=O)c2ccc(F)cc2)c2ncccc2c1. The number of hydrogen-bond acceptors (Lipinski definition) is 4. The van der Waals surface area contributed by atoms with E-state index in [-0.39, 0.29) is 17.8 Å². The standard InChI is InChI=1S/C22H24FN3O2/c1-15(5-3-12-25-22(27)16-7-9-18(23)10-8-16)26-20-14-19(28-2)13-17-6-4-11-24-21(17)20/h4,6-11,13-15,26H,3,5,12H2,1-2H3,(H,25,27)/t15-/m1/s1. The number of carbonyl (C=O) groups is 1. The summed E-state index contributed by atoms with van der Waals surface area (Å²) in [5.74, 6) is 0.237. The van der Waals surface area contributed by atoms with Gasteiger partial charge in [-0.2, -0.15) is 0 Å². The number of nitrogens with one attached hydrogen (secondary N) is 2. The highest BCUT2D eigenvalue weighted by Crippen LogP contribution is 2.28. The number of aromatic nitrogens is 1. The van der Waals surface area contributed by atoms with Crippen molar-refractivity contribution < 1.29 is 13.9 Å².